The Labute approximate surface area is 158 Å². The van der Waals surface area contributed by atoms with Crippen LogP contribution in [0.2, 0.25) is 5.02 Å². The minimum absolute atomic E-state index is 0.0878. The van der Waals surface area contributed by atoms with Gasteiger partial charge in [0.1, 0.15) is 0 Å². The number of piperazine rings is 1. The van der Waals surface area contributed by atoms with Crippen LogP contribution >= 0.6 is 11.6 Å². The molecule has 0 aromatic heterocycles. The van der Waals surface area contributed by atoms with E-state index in [-0.39, 0.29) is 22.9 Å². The molecular weight excluding hydrogens is 398 g/mol. The van der Waals surface area contributed by atoms with Crippen molar-refractivity contribution in [3.05, 3.63) is 53.6 Å². The van der Waals surface area contributed by atoms with Crippen LogP contribution in [0.1, 0.15) is 0 Å². The van der Waals surface area contributed by atoms with Crippen LogP contribution in [0.25, 0.3) is 0 Å². The molecule has 1 heterocycles. The lowest BCUT2D eigenvalue weighted by Crippen LogP contribution is -2.48. The predicted octanol–water partition coefficient (Wildman–Crippen LogP) is 1.50. The zero-order chi connectivity index (χ0) is 18.9. The van der Waals surface area contributed by atoms with E-state index in [2.05, 4.69) is 0 Å². The summed E-state index contributed by atoms with van der Waals surface area (Å²) in [5, 5.41) is 5.70. The summed E-state index contributed by atoms with van der Waals surface area (Å²) in [6.07, 6.45) is 0. The second kappa shape index (κ2) is 7.16. The Hall–Kier alpha value is -1.65. The zero-order valence-corrected chi connectivity index (χ0v) is 16.1. The molecule has 0 spiro atoms. The molecule has 2 aromatic rings. The molecule has 1 saturated heterocycles. The highest BCUT2D eigenvalue weighted by Gasteiger charge is 2.29. The van der Waals surface area contributed by atoms with Gasteiger partial charge in [0.15, 0.2) is 0 Å². The molecule has 0 aliphatic carbocycles. The van der Waals surface area contributed by atoms with Crippen molar-refractivity contribution in [2.24, 2.45) is 5.14 Å². The Morgan fingerprint density at radius 1 is 0.846 bits per heavy atom. The fourth-order valence-corrected chi connectivity index (χ4v) is 5.20. The number of primary sulfonamides is 1. The smallest absolute Gasteiger partial charge is 0.243 e. The lowest BCUT2D eigenvalue weighted by molar-refractivity contribution is 0.385. The molecule has 26 heavy (non-hydrogen) atoms. The van der Waals surface area contributed by atoms with Crippen LogP contribution in [0.5, 0.6) is 0 Å². The number of nitrogens with zero attached hydrogens (tertiary/aromatic N) is 2. The first-order chi connectivity index (χ1) is 12.2. The Morgan fingerprint density at radius 2 is 1.46 bits per heavy atom. The van der Waals surface area contributed by atoms with Gasteiger partial charge in [-0.15, -0.1) is 0 Å². The van der Waals surface area contributed by atoms with Crippen molar-refractivity contribution in [2.75, 3.05) is 31.1 Å². The number of halogens is 1. The fraction of sp³-hybridized carbons (Fsp3) is 0.250. The highest BCUT2D eigenvalue weighted by atomic mass is 35.5. The molecule has 1 aliphatic rings. The molecule has 0 unspecified atom stereocenters. The maximum absolute atomic E-state index is 12.8. The van der Waals surface area contributed by atoms with Gasteiger partial charge in [0.05, 0.1) is 20.5 Å². The summed E-state index contributed by atoms with van der Waals surface area (Å²) in [4.78, 5) is 1.71. The van der Waals surface area contributed by atoms with Gasteiger partial charge in [0.2, 0.25) is 20.0 Å². The van der Waals surface area contributed by atoms with E-state index in [1.165, 1.54) is 22.5 Å². The number of rotatable bonds is 4. The molecule has 1 fully saturated rings. The SMILES string of the molecule is NS(=O)(=O)c1cccc(S(=O)(=O)N2CCN(c3ccccc3Cl)CC2)c1. The van der Waals surface area contributed by atoms with Crippen molar-refractivity contribution >= 4 is 37.3 Å². The van der Waals surface area contributed by atoms with Crippen LogP contribution in [0.3, 0.4) is 0 Å². The third-order valence-corrected chi connectivity index (χ3v) is 7.33. The first-order valence-electron chi connectivity index (χ1n) is 7.82. The lowest BCUT2D eigenvalue weighted by Gasteiger charge is -2.35. The molecule has 3 rings (SSSR count). The minimum Gasteiger partial charge on any atom is -0.368 e. The summed E-state index contributed by atoms with van der Waals surface area (Å²) in [5.74, 6) is 0. The van der Waals surface area contributed by atoms with Crippen LogP contribution in [-0.2, 0) is 20.0 Å². The van der Waals surface area contributed by atoms with Gasteiger partial charge in [-0.25, -0.2) is 22.0 Å². The summed E-state index contributed by atoms with van der Waals surface area (Å²) >= 11 is 6.20. The first kappa shape index (κ1) is 19.1. The van der Waals surface area contributed by atoms with Crippen molar-refractivity contribution in [2.45, 2.75) is 9.79 Å². The molecule has 10 heteroatoms. The average Bonchev–Trinajstić information content (AvgIpc) is 2.62. The largest absolute Gasteiger partial charge is 0.368 e. The highest BCUT2D eigenvalue weighted by molar-refractivity contribution is 7.90. The molecule has 7 nitrogen and oxygen atoms in total. The lowest BCUT2D eigenvalue weighted by atomic mass is 10.2. The quantitative estimate of drug-likeness (QED) is 0.815. The van der Waals surface area contributed by atoms with E-state index < -0.39 is 20.0 Å². The average molecular weight is 416 g/mol. The van der Waals surface area contributed by atoms with Crippen molar-refractivity contribution < 1.29 is 16.8 Å². The predicted molar refractivity (Wildman–Crippen MR) is 100 cm³/mol. The van der Waals surface area contributed by atoms with Gasteiger partial charge >= 0.3 is 0 Å². The molecule has 0 saturated carbocycles. The van der Waals surface area contributed by atoms with Gasteiger partial charge in [0, 0.05) is 26.2 Å². The van der Waals surface area contributed by atoms with E-state index in [9.17, 15) is 16.8 Å². The number of anilines is 1. The van der Waals surface area contributed by atoms with Crippen LogP contribution in [0.4, 0.5) is 5.69 Å². The van der Waals surface area contributed by atoms with Gasteiger partial charge < -0.3 is 4.90 Å². The van der Waals surface area contributed by atoms with Crippen LogP contribution in [-0.4, -0.2) is 47.3 Å². The third kappa shape index (κ3) is 3.86. The molecule has 140 valence electrons. The molecular formula is C16H18ClN3O4S2. The van der Waals surface area contributed by atoms with Gasteiger partial charge in [-0.3, -0.25) is 0 Å². The van der Waals surface area contributed by atoms with Crippen LogP contribution < -0.4 is 10.0 Å². The maximum Gasteiger partial charge on any atom is 0.243 e. The van der Waals surface area contributed by atoms with Gasteiger partial charge in [-0.2, -0.15) is 4.31 Å². The standard InChI is InChI=1S/C16H18ClN3O4S2/c17-15-6-1-2-7-16(15)19-8-10-20(11-9-19)26(23,24)14-5-3-4-13(12-14)25(18,21)22/h1-7,12H,8-11H2,(H2,18,21,22). The minimum atomic E-state index is -3.97. The van der Waals surface area contributed by atoms with Gasteiger partial charge in [-0.05, 0) is 30.3 Å². The summed E-state index contributed by atoms with van der Waals surface area (Å²) in [7, 11) is -7.78. The second-order valence-corrected chi connectivity index (χ2v) is 9.77. The second-order valence-electron chi connectivity index (χ2n) is 5.86. The Bertz CT molecular complexity index is 1020. The normalized spacial score (nSPS) is 16.6. The summed E-state index contributed by atoms with van der Waals surface area (Å²) in [6.45, 7) is 1.51. The van der Waals surface area contributed by atoms with E-state index in [0.717, 1.165) is 11.8 Å². The summed E-state index contributed by atoms with van der Waals surface area (Å²) in [6, 6.07) is 12.5. The summed E-state index contributed by atoms with van der Waals surface area (Å²) in [5.41, 5.74) is 0.863. The third-order valence-electron chi connectivity index (χ3n) is 4.20. The molecule has 0 atom stereocenters. The van der Waals surface area contributed by atoms with Crippen molar-refractivity contribution in [1.82, 2.24) is 4.31 Å². The number of hydrogen-bond acceptors (Lipinski definition) is 5. The zero-order valence-electron chi connectivity index (χ0n) is 13.7. The van der Waals surface area contributed by atoms with Gasteiger partial charge in [0.25, 0.3) is 0 Å². The Morgan fingerprint density at radius 3 is 2.08 bits per heavy atom. The molecule has 0 amide bonds. The fourth-order valence-electron chi connectivity index (χ4n) is 2.84. The monoisotopic (exact) mass is 415 g/mol. The number of sulfonamides is 2. The maximum atomic E-state index is 12.8. The van der Waals surface area contributed by atoms with E-state index >= 15 is 0 Å². The van der Waals surface area contributed by atoms with E-state index in [4.69, 9.17) is 16.7 Å². The van der Waals surface area contributed by atoms with Crippen molar-refractivity contribution in [3.63, 3.8) is 0 Å². The molecule has 2 aromatic carbocycles. The van der Waals surface area contributed by atoms with Crippen LogP contribution in [0, 0.1) is 0 Å². The number of benzene rings is 2. The van der Waals surface area contributed by atoms with Crippen LogP contribution in [0.15, 0.2) is 58.3 Å². The number of nitrogens with two attached hydrogens (primary N) is 1. The Kier molecular flexibility index (Phi) is 5.27. The molecule has 0 radical (unpaired) electrons. The van der Waals surface area contributed by atoms with Gasteiger partial charge in [-0.1, -0.05) is 29.8 Å². The molecule has 0 bridgehead atoms. The highest BCUT2D eigenvalue weighted by Crippen LogP contribution is 2.27. The Balaban J connectivity index is 1.80. The van der Waals surface area contributed by atoms with E-state index in [1.54, 1.807) is 6.07 Å². The van der Waals surface area contributed by atoms with E-state index in [1.807, 2.05) is 23.1 Å². The first-order valence-corrected chi connectivity index (χ1v) is 11.2. The topological polar surface area (TPSA) is 101 Å². The van der Waals surface area contributed by atoms with Crippen molar-refractivity contribution in [3.8, 4) is 0 Å². The van der Waals surface area contributed by atoms with Crippen molar-refractivity contribution in [1.29, 1.82) is 0 Å². The molecule has 2 N–H and O–H groups in total. The number of hydrogen-bond donors (Lipinski definition) is 1. The number of para-hydroxylation sites is 1. The summed E-state index contributed by atoms with van der Waals surface area (Å²) < 4.78 is 49.9. The van der Waals surface area contributed by atoms with E-state index in [0.29, 0.717) is 18.1 Å². The molecule has 1 aliphatic heterocycles.